The minimum Gasteiger partial charge on any atom is -0.389 e. The predicted octanol–water partition coefficient (Wildman–Crippen LogP) is 2.32. The molecule has 1 aromatic carbocycles. The normalized spacial score (nSPS) is 24.0. The lowest BCUT2D eigenvalue weighted by Crippen LogP contribution is -2.49. The van der Waals surface area contributed by atoms with Gasteiger partial charge in [-0.3, -0.25) is 0 Å². The second-order valence-electron chi connectivity index (χ2n) is 4.74. The van der Waals surface area contributed by atoms with Gasteiger partial charge >= 0.3 is 0 Å². The van der Waals surface area contributed by atoms with E-state index in [1.54, 1.807) is 0 Å². The number of hydrogen-bond donors (Lipinski definition) is 1. The number of para-hydroxylation sites is 1. The van der Waals surface area contributed by atoms with E-state index in [1.165, 1.54) is 0 Å². The lowest BCUT2D eigenvalue weighted by molar-refractivity contribution is 0.0299. The number of thiocarbonyl (C=S) groups is 1. The van der Waals surface area contributed by atoms with E-state index in [0.29, 0.717) is 11.0 Å². The number of ether oxygens (including phenoxy) is 1. The number of anilines is 1. The summed E-state index contributed by atoms with van der Waals surface area (Å²) in [5, 5.41) is 0. The Morgan fingerprint density at radius 1 is 1.50 bits per heavy atom. The molecule has 2 N–H and O–H groups in total. The molecule has 1 fully saturated rings. The Hall–Kier alpha value is -1.13. The molecular weight excluding hydrogens is 244 g/mol. The van der Waals surface area contributed by atoms with Gasteiger partial charge in [-0.25, -0.2) is 0 Å². The quantitative estimate of drug-likeness (QED) is 0.850. The number of benzene rings is 1. The zero-order valence-electron chi connectivity index (χ0n) is 10.9. The summed E-state index contributed by atoms with van der Waals surface area (Å²) < 4.78 is 5.73. The number of hydrogen-bond acceptors (Lipinski definition) is 3. The van der Waals surface area contributed by atoms with Crippen molar-refractivity contribution < 1.29 is 4.74 Å². The van der Waals surface area contributed by atoms with Crippen LogP contribution in [0, 0.1) is 0 Å². The van der Waals surface area contributed by atoms with Gasteiger partial charge in [0, 0.05) is 17.8 Å². The second kappa shape index (κ2) is 5.67. The molecule has 1 saturated heterocycles. The fourth-order valence-electron chi connectivity index (χ4n) is 2.41. The average molecular weight is 264 g/mol. The van der Waals surface area contributed by atoms with E-state index in [1.807, 2.05) is 18.2 Å². The van der Waals surface area contributed by atoms with Gasteiger partial charge in [0.25, 0.3) is 0 Å². The highest BCUT2D eigenvalue weighted by molar-refractivity contribution is 7.80. The van der Waals surface area contributed by atoms with Gasteiger partial charge < -0.3 is 15.4 Å². The van der Waals surface area contributed by atoms with Gasteiger partial charge in [0.15, 0.2) is 0 Å². The van der Waals surface area contributed by atoms with Crippen molar-refractivity contribution in [1.29, 1.82) is 0 Å². The van der Waals surface area contributed by atoms with Gasteiger partial charge in [0.1, 0.15) is 4.99 Å². The summed E-state index contributed by atoms with van der Waals surface area (Å²) >= 11 is 5.14. The molecule has 18 heavy (non-hydrogen) atoms. The first-order valence-corrected chi connectivity index (χ1v) is 6.81. The maximum atomic E-state index is 5.82. The largest absolute Gasteiger partial charge is 0.389 e. The molecule has 0 bridgehead atoms. The number of rotatable bonds is 3. The summed E-state index contributed by atoms with van der Waals surface area (Å²) in [5.74, 6) is 0. The summed E-state index contributed by atoms with van der Waals surface area (Å²) in [5.41, 5.74) is 7.91. The van der Waals surface area contributed by atoms with Crippen LogP contribution in [-0.2, 0) is 4.74 Å². The topological polar surface area (TPSA) is 38.5 Å². The molecule has 98 valence electrons. The van der Waals surface area contributed by atoms with Crippen molar-refractivity contribution in [1.82, 2.24) is 0 Å². The van der Waals surface area contributed by atoms with Crippen LogP contribution >= 0.6 is 12.2 Å². The van der Waals surface area contributed by atoms with E-state index in [-0.39, 0.29) is 6.10 Å². The first-order chi connectivity index (χ1) is 8.63. The predicted molar refractivity (Wildman–Crippen MR) is 79.2 cm³/mol. The van der Waals surface area contributed by atoms with Crippen molar-refractivity contribution in [2.75, 3.05) is 18.1 Å². The van der Waals surface area contributed by atoms with Gasteiger partial charge in [-0.1, -0.05) is 31.3 Å². The molecule has 1 aromatic rings. The van der Waals surface area contributed by atoms with Crippen molar-refractivity contribution in [3.8, 4) is 0 Å². The smallest absolute Gasteiger partial charge is 0.106 e. The third-order valence-electron chi connectivity index (χ3n) is 3.42. The van der Waals surface area contributed by atoms with Crippen LogP contribution in [0.4, 0.5) is 5.69 Å². The van der Waals surface area contributed by atoms with Crippen LogP contribution in [0.1, 0.15) is 25.8 Å². The Bertz CT molecular complexity index is 436. The molecule has 1 heterocycles. The van der Waals surface area contributed by atoms with E-state index >= 15 is 0 Å². The van der Waals surface area contributed by atoms with Crippen LogP contribution < -0.4 is 10.6 Å². The average Bonchev–Trinajstić information content (AvgIpc) is 2.38. The van der Waals surface area contributed by atoms with Crippen LogP contribution in [0.2, 0.25) is 0 Å². The van der Waals surface area contributed by atoms with Crippen molar-refractivity contribution in [3.63, 3.8) is 0 Å². The number of nitrogens with zero attached hydrogens (tertiary/aromatic N) is 1. The third-order valence-corrected chi connectivity index (χ3v) is 3.64. The van der Waals surface area contributed by atoms with Crippen LogP contribution in [-0.4, -0.2) is 30.3 Å². The van der Waals surface area contributed by atoms with Crippen LogP contribution in [0.5, 0.6) is 0 Å². The van der Waals surface area contributed by atoms with Crippen LogP contribution in [0.3, 0.4) is 0 Å². The lowest BCUT2D eigenvalue weighted by atomic mass is 10.1. The van der Waals surface area contributed by atoms with E-state index in [2.05, 4.69) is 24.8 Å². The second-order valence-corrected chi connectivity index (χ2v) is 5.18. The molecule has 0 aromatic heterocycles. The van der Waals surface area contributed by atoms with Gasteiger partial charge in [-0.2, -0.15) is 0 Å². The molecule has 0 spiro atoms. The standard InChI is InChI=1S/C14H20N2OS/c1-3-11-9-17-10(2)8-16(11)13-7-5-4-6-12(13)14(15)18/h4-7,10-11H,3,8-9H2,1-2H3,(H2,15,18). The van der Waals surface area contributed by atoms with Crippen LogP contribution in [0.15, 0.2) is 24.3 Å². The highest BCUT2D eigenvalue weighted by Gasteiger charge is 2.27. The fraction of sp³-hybridized carbons (Fsp3) is 0.500. The van der Waals surface area contributed by atoms with E-state index in [0.717, 1.165) is 30.8 Å². The number of morpholine rings is 1. The van der Waals surface area contributed by atoms with Gasteiger partial charge in [0.05, 0.1) is 18.8 Å². The summed E-state index contributed by atoms with van der Waals surface area (Å²) in [4.78, 5) is 2.84. The monoisotopic (exact) mass is 264 g/mol. The van der Waals surface area contributed by atoms with Gasteiger partial charge in [-0.05, 0) is 25.5 Å². The number of nitrogens with two attached hydrogens (primary N) is 1. The minimum absolute atomic E-state index is 0.243. The molecular formula is C14H20N2OS. The molecule has 4 heteroatoms. The Morgan fingerprint density at radius 3 is 2.89 bits per heavy atom. The van der Waals surface area contributed by atoms with Crippen LogP contribution in [0.25, 0.3) is 0 Å². The van der Waals surface area contributed by atoms with Gasteiger partial charge in [-0.15, -0.1) is 0 Å². The summed E-state index contributed by atoms with van der Waals surface area (Å²) in [6.07, 6.45) is 1.30. The van der Waals surface area contributed by atoms with Crippen molar-refractivity contribution in [2.45, 2.75) is 32.4 Å². The Labute approximate surface area is 114 Å². The zero-order valence-corrected chi connectivity index (χ0v) is 11.7. The van der Waals surface area contributed by atoms with E-state index < -0.39 is 0 Å². The molecule has 3 nitrogen and oxygen atoms in total. The molecule has 1 aliphatic heterocycles. The molecule has 0 saturated carbocycles. The summed E-state index contributed by atoms with van der Waals surface area (Å²) in [7, 11) is 0. The Balaban J connectivity index is 2.36. The first kappa shape index (κ1) is 13.3. The molecule has 1 aliphatic rings. The maximum absolute atomic E-state index is 5.82. The Kier molecular flexibility index (Phi) is 4.19. The Morgan fingerprint density at radius 2 is 2.22 bits per heavy atom. The maximum Gasteiger partial charge on any atom is 0.106 e. The summed E-state index contributed by atoms with van der Waals surface area (Å²) in [6, 6.07) is 8.49. The third kappa shape index (κ3) is 2.65. The molecule has 2 rings (SSSR count). The lowest BCUT2D eigenvalue weighted by Gasteiger charge is -2.40. The van der Waals surface area contributed by atoms with Crippen molar-refractivity contribution >= 4 is 22.9 Å². The van der Waals surface area contributed by atoms with Crippen molar-refractivity contribution in [3.05, 3.63) is 29.8 Å². The summed E-state index contributed by atoms with van der Waals surface area (Å²) in [6.45, 7) is 5.93. The zero-order chi connectivity index (χ0) is 13.1. The first-order valence-electron chi connectivity index (χ1n) is 6.40. The molecule has 2 atom stereocenters. The highest BCUT2D eigenvalue weighted by atomic mass is 32.1. The van der Waals surface area contributed by atoms with E-state index in [9.17, 15) is 0 Å². The van der Waals surface area contributed by atoms with E-state index in [4.69, 9.17) is 22.7 Å². The molecule has 0 radical (unpaired) electrons. The molecule has 2 unspecified atom stereocenters. The SMILES string of the molecule is CCC1COC(C)CN1c1ccccc1C(N)=S. The van der Waals surface area contributed by atoms with Gasteiger partial charge in [0.2, 0.25) is 0 Å². The fourth-order valence-corrected chi connectivity index (χ4v) is 2.58. The van der Waals surface area contributed by atoms with Crippen molar-refractivity contribution in [2.24, 2.45) is 5.73 Å². The highest BCUT2D eigenvalue weighted by Crippen LogP contribution is 2.26. The molecule has 0 aliphatic carbocycles. The molecule has 0 amide bonds. The minimum atomic E-state index is 0.243.